The van der Waals surface area contributed by atoms with Crippen LogP contribution in [-0.2, 0) is 17.5 Å². The van der Waals surface area contributed by atoms with Crippen molar-refractivity contribution in [3.8, 4) is 11.8 Å². The Labute approximate surface area is 139 Å². The monoisotopic (exact) mass is 354 g/mol. The molecule has 126 valence electrons. The Kier molecular flexibility index (Phi) is 5.46. The first-order chi connectivity index (χ1) is 11.3. The number of benzene rings is 1. The highest BCUT2D eigenvalue weighted by atomic mass is 32.1. The van der Waals surface area contributed by atoms with Crippen LogP contribution in [-0.4, -0.2) is 17.0 Å². The Bertz CT molecular complexity index is 856. The van der Waals surface area contributed by atoms with E-state index in [0.717, 1.165) is 23.5 Å². The molecule has 0 saturated carbocycles. The minimum atomic E-state index is -4.42. The highest BCUT2D eigenvalue weighted by molar-refractivity contribution is 7.07. The van der Waals surface area contributed by atoms with Gasteiger partial charge < -0.3 is 5.32 Å². The van der Waals surface area contributed by atoms with Crippen LogP contribution in [0.3, 0.4) is 0 Å². The van der Waals surface area contributed by atoms with Gasteiger partial charge in [0.15, 0.2) is 0 Å². The number of alkyl halides is 3. The summed E-state index contributed by atoms with van der Waals surface area (Å²) in [5.74, 6) is 4.76. The normalized spacial score (nSPS) is 10.8. The molecule has 0 radical (unpaired) electrons. The zero-order chi connectivity index (χ0) is 17.7. The van der Waals surface area contributed by atoms with E-state index >= 15 is 0 Å². The summed E-state index contributed by atoms with van der Waals surface area (Å²) in [6.45, 7) is 1.59. The van der Waals surface area contributed by atoms with Crippen molar-refractivity contribution in [1.29, 1.82) is 0 Å². The largest absolute Gasteiger partial charge is 0.416 e. The van der Waals surface area contributed by atoms with Crippen LogP contribution in [0.25, 0.3) is 0 Å². The van der Waals surface area contributed by atoms with Crippen LogP contribution in [0.15, 0.2) is 34.4 Å². The van der Waals surface area contributed by atoms with Crippen LogP contribution in [0.5, 0.6) is 0 Å². The lowest BCUT2D eigenvalue weighted by Gasteiger charge is -2.06. The molecule has 1 aromatic heterocycles. The molecular formula is C16H13F3N2O2S. The number of aryl methyl sites for hydroxylation is 1. The van der Waals surface area contributed by atoms with Gasteiger partial charge in [0.2, 0.25) is 5.91 Å². The molecule has 0 spiro atoms. The van der Waals surface area contributed by atoms with Crippen LogP contribution >= 0.6 is 11.3 Å². The van der Waals surface area contributed by atoms with Crippen molar-refractivity contribution in [3.63, 3.8) is 0 Å². The summed E-state index contributed by atoms with van der Waals surface area (Å²) in [5.41, 5.74) is 0.129. The van der Waals surface area contributed by atoms with E-state index in [9.17, 15) is 22.8 Å². The summed E-state index contributed by atoms with van der Waals surface area (Å²) in [6, 6.07) is 4.65. The molecule has 1 heterocycles. The van der Waals surface area contributed by atoms with Crippen molar-refractivity contribution in [2.75, 3.05) is 6.54 Å². The van der Waals surface area contributed by atoms with Crippen LogP contribution in [0.4, 0.5) is 13.2 Å². The molecule has 2 rings (SSSR count). The van der Waals surface area contributed by atoms with Gasteiger partial charge >= 0.3 is 11.0 Å². The molecule has 0 unspecified atom stereocenters. The van der Waals surface area contributed by atoms with E-state index in [1.54, 1.807) is 12.3 Å². The fourth-order valence-corrected chi connectivity index (χ4v) is 2.59. The van der Waals surface area contributed by atoms with Gasteiger partial charge in [-0.1, -0.05) is 29.2 Å². The van der Waals surface area contributed by atoms with Gasteiger partial charge in [-0.2, -0.15) is 13.2 Å². The van der Waals surface area contributed by atoms with E-state index in [1.807, 2.05) is 0 Å². The van der Waals surface area contributed by atoms with Crippen LogP contribution in [0.1, 0.15) is 16.8 Å². The minimum absolute atomic E-state index is 0.0208. The van der Waals surface area contributed by atoms with Gasteiger partial charge in [0, 0.05) is 16.6 Å². The molecule has 2 aromatic rings. The molecule has 0 fully saturated rings. The van der Waals surface area contributed by atoms with Crippen molar-refractivity contribution in [1.82, 2.24) is 9.88 Å². The molecule has 0 bridgehead atoms. The predicted molar refractivity (Wildman–Crippen MR) is 84.6 cm³/mol. The fourth-order valence-electron chi connectivity index (χ4n) is 1.86. The molecule has 0 aliphatic rings. The van der Waals surface area contributed by atoms with Gasteiger partial charge in [0.05, 0.1) is 12.1 Å². The van der Waals surface area contributed by atoms with Crippen molar-refractivity contribution < 1.29 is 18.0 Å². The topological polar surface area (TPSA) is 51.1 Å². The third-order valence-electron chi connectivity index (χ3n) is 3.07. The lowest BCUT2D eigenvalue weighted by atomic mass is 10.1. The number of hydrogen-bond donors (Lipinski definition) is 1. The summed E-state index contributed by atoms with van der Waals surface area (Å²) in [6.07, 6.45) is -4.42. The Hall–Kier alpha value is -2.53. The summed E-state index contributed by atoms with van der Waals surface area (Å²) in [5, 5.41) is 4.16. The van der Waals surface area contributed by atoms with Crippen LogP contribution in [0, 0.1) is 18.8 Å². The second-order valence-corrected chi connectivity index (χ2v) is 5.71. The van der Waals surface area contributed by atoms with Gasteiger partial charge in [-0.15, -0.1) is 0 Å². The van der Waals surface area contributed by atoms with E-state index in [1.165, 1.54) is 16.7 Å². The highest BCUT2D eigenvalue weighted by Crippen LogP contribution is 2.29. The highest BCUT2D eigenvalue weighted by Gasteiger charge is 2.30. The minimum Gasteiger partial charge on any atom is -0.344 e. The molecule has 8 heteroatoms. The maximum atomic E-state index is 12.6. The fraction of sp³-hybridized carbons (Fsp3) is 0.250. The molecule has 0 aliphatic heterocycles. The summed E-state index contributed by atoms with van der Waals surface area (Å²) >= 11 is 1.01. The van der Waals surface area contributed by atoms with Crippen molar-refractivity contribution in [2.24, 2.45) is 0 Å². The van der Waals surface area contributed by atoms with Crippen molar-refractivity contribution >= 4 is 17.2 Å². The van der Waals surface area contributed by atoms with Gasteiger partial charge in [-0.25, -0.2) is 0 Å². The third-order valence-corrected chi connectivity index (χ3v) is 3.96. The second-order valence-electron chi connectivity index (χ2n) is 4.89. The van der Waals surface area contributed by atoms with E-state index in [0.29, 0.717) is 5.69 Å². The number of hydrogen-bond acceptors (Lipinski definition) is 3. The van der Waals surface area contributed by atoms with E-state index < -0.39 is 17.6 Å². The molecule has 0 atom stereocenters. The van der Waals surface area contributed by atoms with Gasteiger partial charge in [0.1, 0.15) is 6.54 Å². The van der Waals surface area contributed by atoms with E-state index in [4.69, 9.17) is 0 Å². The molecule has 1 aromatic carbocycles. The second kappa shape index (κ2) is 7.36. The van der Waals surface area contributed by atoms with E-state index in [2.05, 4.69) is 17.2 Å². The number of halogens is 3. The standard InChI is InChI=1S/C16H13F3N2O2S/c1-11-10-24-15(23)21(11)9-14(22)20-7-3-5-12-4-2-6-13(8-12)16(17,18)19/h2,4,6,8,10H,7,9H2,1H3,(H,20,22). The first kappa shape index (κ1) is 17.8. The summed E-state index contributed by atoms with van der Waals surface area (Å²) in [7, 11) is 0. The molecule has 0 saturated heterocycles. The first-order valence-electron chi connectivity index (χ1n) is 6.85. The Morgan fingerprint density at radius 3 is 2.75 bits per heavy atom. The maximum absolute atomic E-state index is 12.6. The number of carbonyl (C=O) groups is 1. The Morgan fingerprint density at radius 1 is 1.38 bits per heavy atom. The zero-order valence-electron chi connectivity index (χ0n) is 12.6. The molecular weight excluding hydrogens is 341 g/mol. The number of amides is 1. The Morgan fingerprint density at radius 2 is 2.12 bits per heavy atom. The number of rotatable bonds is 3. The van der Waals surface area contributed by atoms with Crippen LogP contribution in [0.2, 0.25) is 0 Å². The quantitative estimate of drug-likeness (QED) is 0.861. The van der Waals surface area contributed by atoms with Crippen molar-refractivity contribution in [2.45, 2.75) is 19.6 Å². The number of aromatic nitrogens is 1. The van der Waals surface area contributed by atoms with E-state index in [-0.39, 0.29) is 23.5 Å². The first-order valence-corrected chi connectivity index (χ1v) is 7.73. The smallest absolute Gasteiger partial charge is 0.344 e. The van der Waals surface area contributed by atoms with Gasteiger partial charge in [-0.3, -0.25) is 14.2 Å². The number of carbonyl (C=O) groups excluding carboxylic acids is 1. The SMILES string of the molecule is Cc1csc(=O)n1CC(=O)NCC#Cc1cccc(C(F)(F)F)c1. The Balaban J connectivity index is 1.92. The number of nitrogens with zero attached hydrogens (tertiary/aromatic N) is 1. The predicted octanol–water partition coefficient (Wildman–Crippen LogP) is 2.40. The molecule has 4 nitrogen and oxygen atoms in total. The number of nitrogens with one attached hydrogen (secondary N) is 1. The summed E-state index contributed by atoms with van der Waals surface area (Å²) in [4.78, 5) is 23.0. The van der Waals surface area contributed by atoms with Crippen molar-refractivity contribution in [3.05, 3.63) is 56.1 Å². The third kappa shape index (κ3) is 4.73. The van der Waals surface area contributed by atoms with Crippen LogP contribution < -0.4 is 10.2 Å². The molecule has 0 aliphatic carbocycles. The molecule has 1 amide bonds. The lowest BCUT2D eigenvalue weighted by Crippen LogP contribution is -2.31. The van der Waals surface area contributed by atoms with Gasteiger partial charge in [-0.05, 0) is 25.1 Å². The van der Waals surface area contributed by atoms with Gasteiger partial charge in [0.25, 0.3) is 0 Å². The lowest BCUT2D eigenvalue weighted by molar-refractivity contribution is -0.137. The zero-order valence-corrected chi connectivity index (χ0v) is 13.4. The molecule has 1 N–H and O–H groups in total. The maximum Gasteiger partial charge on any atom is 0.416 e. The summed E-state index contributed by atoms with van der Waals surface area (Å²) < 4.78 is 39.1. The average molecular weight is 354 g/mol. The average Bonchev–Trinajstić information content (AvgIpc) is 2.83. The molecule has 24 heavy (non-hydrogen) atoms. The number of thiazole rings is 1.